The average Bonchev–Trinajstić information content (AvgIpc) is 1.35. The van der Waals surface area contributed by atoms with Crippen molar-refractivity contribution in [3.05, 3.63) is 0 Å². The first kappa shape index (κ1) is 10.7. The number of halogens is 1. The summed E-state index contributed by atoms with van der Waals surface area (Å²) in [5.74, 6) is 0. The van der Waals surface area contributed by atoms with Crippen molar-refractivity contribution < 1.29 is 48.8 Å². The van der Waals surface area contributed by atoms with Crippen LogP contribution in [0.25, 0.3) is 0 Å². The van der Waals surface area contributed by atoms with Gasteiger partial charge in [-0.05, 0) is 0 Å². The van der Waals surface area contributed by atoms with Crippen molar-refractivity contribution in [3.8, 4) is 0 Å². The molecule has 0 aromatic carbocycles. The Morgan fingerprint density at radius 1 is 1.43 bits per heavy atom. The van der Waals surface area contributed by atoms with E-state index >= 15 is 0 Å². The van der Waals surface area contributed by atoms with E-state index in [9.17, 15) is 14.0 Å². The predicted molar refractivity (Wildman–Crippen MR) is 8.12 cm³/mol. The first-order chi connectivity index (χ1) is 2.56. The van der Waals surface area contributed by atoms with Gasteiger partial charge in [0.05, 0.1) is 14.5 Å². The fourth-order valence-electron chi connectivity index (χ4n) is 0. The van der Waals surface area contributed by atoms with Gasteiger partial charge in [-0.25, -0.2) is 0 Å². The second-order valence-corrected chi connectivity index (χ2v) is 1.60. The molecule has 0 spiro atoms. The molecule has 7 heavy (non-hydrogen) atoms. The van der Waals surface area contributed by atoms with Crippen LogP contribution in [0, 0.1) is 10.2 Å². The molecule has 0 fully saturated rings. The average molecular weight is 122 g/mol. The number of hydrogen-bond donors (Lipinski definition) is 0. The van der Waals surface area contributed by atoms with E-state index in [0.29, 0.717) is 0 Å². The summed E-state index contributed by atoms with van der Waals surface area (Å²) in [5, 5.41) is 0. The summed E-state index contributed by atoms with van der Waals surface area (Å²) in [6.07, 6.45) is 0. The predicted octanol–water partition coefficient (Wildman–Crippen LogP) is -6.35. The summed E-state index contributed by atoms with van der Waals surface area (Å²) >= 11 is 0. The van der Waals surface area contributed by atoms with Crippen molar-refractivity contribution in [2.75, 3.05) is 7.11 Å². The minimum atomic E-state index is -4.18. The molecular formula is CH4ClLiO4. The Hall–Kier alpha value is 0.727. The van der Waals surface area contributed by atoms with Gasteiger partial charge in [-0.3, -0.25) is 0 Å². The largest absolute Gasteiger partial charge is 1.00 e. The standard InChI is InChI=1S/CH3ClO4.Li.H/c1-6-2(3,4)5;;/h1H3;;/q;+1;-1. The van der Waals surface area contributed by atoms with Gasteiger partial charge in [0, 0.05) is 0 Å². The van der Waals surface area contributed by atoms with Crippen LogP contribution in [-0.2, 0) is 4.29 Å². The van der Waals surface area contributed by atoms with Gasteiger partial charge in [-0.15, -0.1) is 0 Å². The molecule has 0 heterocycles. The third-order valence-electron chi connectivity index (χ3n) is 0.189. The van der Waals surface area contributed by atoms with Crippen molar-refractivity contribution in [2.24, 2.45) is 0 Å². The monoisotopic (exact) mass is 122 g/mol. The second kappa shape index (κ2) is 3.70. The molecule has 0 N–H and O–H groups in total. The first-order valence-corrected chi connectivity index (χ1v) is 2.26. The minimum Gasteiger partial charge on any atom is -1.00 e. The van der Waals surface area contributed by atoms with Crippen molar-refractivity contribution in [1.82, 2.24) is 0 Å². The van der Waals surface area contributed by atoms with E-state index in [1.807, 2.05) is 0 Å². The molecule has 0 bridgehead atoms. The molecule has 0 amide bonds. The van der Waals surface area contributed by atoms with Gasteiger partial charge in [0.15, 0.2) is 7.11 Å². The third-order valence-corrected chi connectivity index (χ3v) is 0.567. The molecule has 0 atom stereocenters. The maximum Gasteiger partial charge on any atom is 1.00 e. The molecule has 0 radical (unpaired) electrons. The van der Waals surface area contributed by atoms with Crippen LogP contribution in [0.2, 0.25) is 0 Å². The molecule has 6 heteroatoms. The Bertz CT molecular complexity index is 45.8. The molecule has 0 aromatic heterocycles. The van der Waals surface area contributed by atoms with Crippen LogP contribution in [0.4, 0.5) is 0 Å². The molecule has 0 aromatic rings. The third kappa shape index (κ3) is 10.8. The van der Waals surface area contributed by atoms with E-state index in [1.54, 1.807) is 0 Å². The van der Waals surface area contributed by atoms with Gasteiger partial charge < -0.3 is 1.43 Å². The van der Waals surface area contributed by atoms with Crippen molar-refractivity contribution in [3.63, 3.8) is 0 Å². The van der Waals surface area contributed by atoms with Crippen LogP contribution >= 0.6 is 0 Å². The van der Waals surface area contributed by atoms with E-state index in [-0.39, 0.29) is 20.3 Å². The smallest absolute Gasteiger partial charge is 1.00 e. The van der Waals surface area contributed by atoms with E-state index in [0.717, 1.165) is 7.11 Å². The summed E-state index contributed by atoms with van der Waals surface area (Å²) in [5.41, 5.74) is 0. The molecule has 0 saturated carbocycles. The summed E-state index contributed by atoms with van der Waals surface area (Å²) in [7, 11) is -3.38. The Balaban J connectivity index is -0.000000125. The van der Waals surface area contributed by atoms with Gasteiger partial charge in [0.2, 0.25) is 0 Å². The Kier molecular flexibility index (Phi) is 5.63. The molecule has 0 aliphatic carbocycles. The van der Waals surface area contributed by atoms with Crippen LogP contribution in [0.1, 0.15) is 1.43 Å². The van der Waals surface area contributed by atoms with Crippen LogP contribution in [0.3, 0.4) is 0 Å². The van der Waals surface area contributed by atoms with E-state index in [2.05, 4.69) is 4.29 Å². The zero-order chi connectivity index (χ0) is 5.21. The Morgan fingerprint density at radius 2 is 1.57 bits per heavy atom. The van der Waals surface area contributed by atoms with E-state index in [4.69, 9.17) is 0 Å². The van der Waals surface area contributed by atoms with Gasteiger partial charge in [-0.2, -0.15) is 14.0 Å². The van der Waals surface area contributed by atoms with Crippen molar-refractivity contribution in [2.45, 2.75) is 0 Å². The van der Waals surface area contributed by atoms with Crippen molar-refractivity contribution >= 4 is 0 Å². The molecular weight excluding hydrogens is 118 g/mol. The van der Waals surface area contributed by atoms with Crippen LogP contribution in [0.5, 0.6) is 0 Å². The zero-order valence-corrected chi connectivity index (χ0v) is 4.77. The molecule has 40 valence electrons. The topological polar surface area (TPSA) is 78.4 Å². The second-order valence-electron chi connectivity index (χ2n) is 0.532. The molecule has 0 rings (SSSR count). The maximum atomic E-state index is 9.19. The van der Waals surface area contributed by atoms with E-state index < -0.39 is 10.2 Å². The molecule has 0 unspecified atom stereocenters. The molecule has 0 saturated heterocycles. The van der Waals surface area contributed by atoms with Crippen molar-refractivity contribution in [1.29, 1.82) is 0 Å². The number of hydrogen-bond acceptors (Lipinski definition) is 4. The molecule has 4 nitrogen and oxygen atoms in total. The Labute approximate surface area is 56.5 Å². The normalized spacial score (nSPS) is 10.3. The maximum absolute atomic E-state index is 9.19. The van der Waals surface area contributed by atoms with Gasteiger partial charge >= 0.3 is 18.9 Å². The van der Waals surface area contributed by atoms with Gasteiger partial charge in [0.1, 0.15) is 0 Å². The molecule has 0 aliphatic rings. The van der Waals surface area contributed by atoms with Gasteiger partial charge in [-0.1, -0.05) is 0 Å². The van der Waals surface area contributed by atoms with Crippen LogP contribution in [-0.4, -0.2) is 7.11 Å². The fourth-order valence-corrected chi connectivity index (χ4v) is 0. The SMILES string of the molecule is CO[Cl+3]([O-])([O-])[O-].[H-].[Li+]. The number of rotatable bonds is 1. The minimum absolute atomic E-state index is 0. The summed E-state index contributed by atoms with van der Waals surface area (Å²) in [6, 6.07) is 0. The summed E-state index contributed by atoms with van der Waals surface area (Å²) < 4.78 is 30.9. The Morgan fingerprint density at radius 3 is 1.57 bits per heavy atom. The summed E-state index contributed by atoms with van der Waals surface area (Å²) in [4.78, 5) is 0. The van der Waals surface area contributed by atoms with Gasteiger partial charge in [0.25, 0.3) is 0 Å². The van der Waals surface area contributed by atoms with Crippen LogP contribution in [0.15, 0.2) is 0 Å². The van der Waals surface area contributed by atoms with E-state index in [1.165, 1.54) is 0 Å². The zero-order valence-electron chi connectivity index (χ0n) is 5.01. The molecule has 0 aliphatic heterocycles. The summed E-state index contributed by atoms with van der Waals surface area (Å²) in [6.45, 7) is 0. The fraction of sp³-hybridized carbons (Fsp3) is 1.00. The first-order valence-electron chi connectivity index (χ1n) is 1.03. The van der Waals surface area contributed by atoms with Crippen LogP contribution < -0.4 is 32.8 Å². The quantitative estimate of drug-likeness (QED) is 0.324.